The molecule has 0 N–H and O–H groups in total. The van der Waals surface area contributed by atoms with Gasteiger partial charge in [-0.2, -0.15) is 52.7 Å². The lowest BCUT2D eigenvalue weighted by atomic mass is 10.1. The fraction of sp³-hybridized carbons (Fsp3) is 0.706. The molecule has 0 rings (SSSR count). The Balaban J connectivity index is 5.87. The van der Waals surface area contributed by atoms with Gasteiger partial charge in [0.15, 0.2) is 6.10 Å². The van der Waals surface area contributed by atoms with Gasteiger partial charge in [0.2, 0.25) is 0 Å². The molecule has 22 heteroatoms. The van der Waals surface area contributed by atoms with Gasteiger partial charge in [-0.3, -0.25) is 0 Å². The third-order valence-electron chi connectivity index (χ3n) is 4.11. The molecule has 0 aliphatic carbocycles. The Morgan fingerprint density at radius 3 is 1.15 bits per heavy atom. The number of rotatable bonds is 14. The fourth-order valence-electron chi connectivity index (χ4n) is 1.84. The summed E-state index contributed by atoms with van der Waals surface area (Å²) >= 11 is 0. The number of carbonyl (C=O) groups is 3. The van der Waals surface area contributed by atoms with Gasteiger partial charge in [-0.1, -0.05) is 6.58 Å². The average molecular weight is 616 g/mol. The van der Waals surface area contributed by atoms with Crippen LogP contribution in [0.3, 0.4) is 0 Å². The third kappa shape index (κ3) is 6.79. The maximum Gasteiger partial charge on any atom is 0.410 e. The lowest BCUT2D eigenvalue weighted by molar-refractivity contribution is -0.333. The van der Waals surface area contributed by atoms with Crippen LogP contribution < -0.4 is 0 Å². The highest BCUT2D eigenvalue weighted by molar-refractivity contribution is 5.87. The number of hydrogen-bond donors (Lipinski definition) is 0. The van der Waals surface area contributed by atoms with Crippen molar-refractivity contribution in [2.45, 2.75) is 61.4 Å². The molecule has 0 atom stereocenters. The molecule has 0 spiro atoms. The van der Waals surface area contributed by atoms with E-state index in [1.54, 1.807) is 0 Å². The molecule has 0 fully saturated rings. The van der Waals surface area contributed by atoms with E-state index in [0.29, 0.717) is 0 Å². The maximum atomic E-state index is 13.5. The number of esters is 3. The second-order valence-corrected chi connectivity index (χ2v) is 7.15. The van der Waals surface area contributed by atoms with Gasteiger partial charge in [-0.25, -0.2) is 31.9 Å². The lowest BCUT2D eigenvalue weighted by Crippen LogP contribution is -2.61. The third-order valence-corrected chi connectivity index (χ3v) is 4.11. The van der Waals surface area contributed by atoms with Crippen LogP contribution in [0.1, 0.15) is 6.92 Å². The second-order valence-electron chi connectivity index (χ2n) is 7.15. The molecular weight excluding hydrogens is 604 g/mol. The standard InChI is InChI=1S/C17H12F16O6/c1-5(2)7(34)39-6(3-37-10(35)14(26,27)16(30,31)12(22,23)8(18)19)4-38-11(36)15(28,29)17(32,33)13(24,25)9(20)21/h6,8-9H,1,3-4H2,2H3. The molecule has 0 unspecified atom stereocenters. The number of ether oxygens (including phenoxy) is 3. The molecule has 0 bridgehead atoms. The van der Waals surface area contributed by atoms with Crippen LogP contribution in [0.15, 0.2) is 12.2 Å². The van der Waals surface area contributed by atoms with Gasteiger partial charge in [0, 0.05) is 5.57 Å². The van der Waals surface area contributed by atoms with Crippen LogP contribution in [-0.4, -0.2) is 85.6 Å². The first-order valence-electron chi connectivity index (χ1n) is 9.18. The van der Waals surface area contributed by atoms with Gasteiger partial charge in [-0.05, 0) is 6.92 Å². The summed E-state index contributed by atoms with van der Waals surface area (Å²) in [5, 5.41) is 0. The zero-order valence-electron chi connectivity index (χ0n) is 18.4. The van der Waals surface area contributed by atoms with Crippen molar-refractivity contribution < 1.29 is 98.8 Å². The normalized spacial score (nSPS) is 14.1. The minimum atomic E-state index is -7.15. The molecule has 0 radical (unpaired) electrons. The lowest BCUT2D eigenvalue weighted by Gasteiger charge is -2.31. The van der Waals surface area contributed by atoms with Crippen LogP contribution in [0.5, 0.6) is 0 Å². The van der Waals surface area contributed by atoms with Gasteiger partial charge in [-0.15, -0.1) is 0 Å². The van der Waals surface area contributed by atoms with Crippen LogP contribution >= 0.6 is 0 Å². The van der Waals surface area contributed by atoms with Gasteiger partial charge < -0.3 is 14.2 Å². The van der Waals surface area contributed by atoms with Crippen molar-refractivity contribution in [1.29, 1.82) is 0 Å². The summed E-state index contributed by atoms with van der Waals surface area (Å²) in [6.45, 7) is -0.666. The van der Waals surface area contributed by atoms with Crippen molar-refractivity contribution in [3.8, 4) is 0 Å². The molecule has 0 saturated heterocycles. The van der Waals surface area contributed by atoms with E-state index in [9.17, 15) is 84.6 Å². The summed E-state index contributed by atoms with van der Waals surface area (Å²) in [7, 11) is 0. The second kappa shape index (κ2) is 11.6. The largest absolute Gasteiger partial charge is 0.457 e. The molecular formula is C17H12F16O6. The summed E-state index contributed by atoms with van der Waals surface area (Å²) in [6, 6.07) is 0. The van der Waals surface area contributed by atoms with E-state index >= 15 is 0 Å². The molecule has 0 saturated carbocycles. The smallest absolute Gasteiger partial charge is 0.410 e. The first kappa shape index (κ1) is 36.0. The summed E-state index contributed by atoms with van der Waals surface area (Å²) in [4.78, 5) is 33.9. The molecule has 0 heterocycles. The van der Waals surface area contributed by atoms with Crippen molar-refractivity contribution in [3.63, 3.8) is 0 Å². The van der Waals surface area contributed by atoms with Crippen molar-refractivity contribution in [2.75, 3.05) is 13.2 Å². The van der Waals surface area contributed by atoms with Crippen molar-refractivity contribution >= 4 is 17.9 Å². The van der Waals surface area contributed by atoms with Crippen LogP contribution in [-0.2, 0) is 28.6 Å². The Kier molecular flexibility index (Phi) is 10.8. The number of halogens is 16. The molecule has 0 amide bonds. The molecule has 228 valence electrons. The van der Waals surface area contributed by atoms with E-state index < -0.39 is 91.2 Å². The summed E-state index contributed by atoms with van der Waals surface area (Å²) in [5.74, 6) is -50.8. The predicted octanol–water partition coefficient (Wildman–Crippen LogP) is 4.90. The van der Waals surface area contributed by atoms with E-state index in [1.807, 2.05) is 0 Å². The summed E-state index contributed by atoms with van der Waals surface area (Å²) in [5.41, 5.74) is -0.695. The molecule has 0 aliphatic heterocycles. The van der Waals surface area contributed by atoms with Crippen molar-refractivity contribution in [2.24, 2.45) is 0 Å². The van der Waals surface area contributed by atoms with Gasteiger partial charge in [0.05, 0.1) is 0 Å². The van der Waals surface area contributed by atoms with Gasteiger partial charge >= 0.3 is 66.3 Å². The zero-order chi connectivity index (χ0) is 31.6. The Bertz CT molecular complexity index is 872. The van der Waals surface area contributed by atoms with Crippen LogP contribution in [0.4, 0.5) is 70.2 Å². The summed E-state index contributed by atoms with van der Waals surface area (Å²) < 4.78 is 218. The molecule has 39 heavy (non-hydrogen) atoms. The van der Waals surface area contributed by atoms with E-state index in [4.69, 9.17) is 0 Å². The van der Waals surface area contributed by atoms with Crippen LogP contribution in [0.2, 0.25) is 0 Å². The first-order chi connectivity index (χ1) is 17.1. The van der Waals surface area contributed by atoms with E-state index in [-0.39, 0.29) is 0 Å². The van der Waals surface area contributed by atoms with Crippen LogP contribution in [0.25, 0.3) is 0 Å². The molecule has 0 aromatic rings. The topological polar surface area (TPSA) is 78.9 Å². The predicted molar refractivity (Wildman–Crippen MR) is 88.3 cm³/mol. The Hall–Kier alpha value is -2.97. The quantitative estimate of drug-likeness (QED) is 0.120. The van der Waals surface area contributed by atoms with Crippen molar-refractivity contribution in [1.82, 2.24) is 0 Å². The summed E-state index contributed by atoms with van der Waals surface area (Å²) in [6.07, 6.45) is -13.7. The van der Waals surface area contributed by atoms with Crippen LogP contribution in [0, 0.1) is 0 Å². The average Bonchev–Trinajstić information content (AvgIpc) is 2.78. The number of alkyl halides is 16. The highest BCUT2D eigenvalue weighted by Gasteiger charge is 2.80. The monoisotopic (exact) mass is 616 g/mol. The number of carbonyl (C=O) groups excluding carboxylic acids is 3. The van der Waals surface area contributed by atoms with E-state index in [2.05, 4.69) is 20.8 Å². The minimum absolute atomic E-state index is 0.695. The van der Waals surface area contributed by atoms with Gasteiger partial charge in [0.1, 0.15) is 13.2 Å². The Morgan fingerprint density at radius 1 is 0.641 bits per heavy atom. The molecule has 6 nitrogen and oxygen atoms in total. The minimum Gasteiger partial charge on any atom is -0.457 e. The van der Waals surface area contributed by atoms with E-state index in [1.165, 1.54) is 0 Å². The Morgan fingerprint density at radius 2 is 0.923 bits per heavy atom. The zero-order valence-corrected chi connectivity index (χ0v) is 18.4. The number of hydrogen-bond acceptors (Lipinski definition) is 6. The fourth-order valence-corrected chi connectivity index (χ4v) is 1.84. The maximum absolute atomic E-state index is 13.5. The highest BCUT2D eigenvalue weighted by atomic mass is 19.4. The Labute approximate surface area is 204 Å². The highest BCUT2D eigenvalue weighted by Crippen LogP contribution is 2.50. The van der Waals surface area contributed by atoms with Gasteiger partial charge in [0.25, 0.3) is 0 Å². The van der Waals surface area contributed by atoms with E-state index in [0.717, 1.165) is 6.92 Å². The van der Waals surface area contributed by atoms with Crippen molar-refractivity contribution in [3.05, 3.63) is 12.2 Å². The molecule has 0 aromatic carbocycles. The molecule has 0 aromatic heterocycles. The first-order valence-corrected chi connectivity index (χ1v) is 9.18. The SMILES string of the molecule is C=C(C)C(=O)OC(COC(=O)C(F)(F)C(F)(F)C(F)(F)C(F)F)COC(=O)C(F)(F)C(F)(F)C(F)(F)C(F)F. The molecule has 0 aliphatic rings.